The van der Waals surface area contributed by atoms with E-state index in [1.807, 2.05) is 6.92 Å². The van der Waals surface area contributed by atoms with Crippen LogP contribution in [0.5, 0.6) is 11.5 Å². The van der Waals surface area contributed by atoms with Gasteiger partial charge in [0.2, 0.25) is 0 Å². The number of unbranched alkanes of at least 4 members (excludes halogenated alkanes) is 1. The van der Waals surface area contributed by atoms with Crippen molar-refractivity contribution in [1.82, 2.24) is 0 Å². The van der Waals surface area contributed by atoms with E-state index in [1.165, 1.54) is 14.2 Å². The molecule has 1 fully saturated rings. The molecule has 6 nitrogen and oxygen atoms in total. The Balaban J connectivity index is 2.59. The first-order chi connectivity index (χ1) is 13.9. The van der Waals surface area contributed by atoms with Crippen molar-refractivity contribution in [3.05, 3.63) is 23.8 Å². The monoisotopic (exact) mass is 422 g/mol. The third kappa shape index (κ3) is 4.32. The fraction of sp³-hybridized carbons (Fsp3) is 0.636. The Hall–Kier alpha value is -1.94. The van der Waals surface area contributed by atoms with Crippen molar-refractivity contribution >= 4 is 20.2 Å². The predicted molar refractivity (Wildman–Crippen MR) is 111 cm³/mol. The Bertz CT molecular complexity index is 719. The summed E-state index contributed by atoms with van der Waals surface area (Å²) in [5.74, 6) is -0.108. The normalized spacial score (nSPS) is 17.9. The van der Waals surface area contributed by atoms with Gasteiger partial charge in [0.05, 0.1) is 26.2 Å². The van der Waals surface area contributed by atoms with E-state index in [9.17, 15) is 14.2 Å². The number of rotatable bonds is 10. The molecule has 0 amide bonds. The zero-order valence-corrected chi connectivity index (χ0v) is 18.7. The number of ketones is 1. The van der Waals surface area contributed by atoms with Crippen LogP contribution in [-0.2, 0) is 14.1 Å². The van der Waals surface area contributed by atoms with E-state index in [-0.39, 0.29) is 18.0 Å². The van der Waals surface area contributed by atoms with Crippen molar-refractivity contribution in [1.29, 1.82) is 0 Å². The molecule has 7 heteroatoms. The van der Waals surface area contributed by atoms with Crippen LogP contribution < -0.4 is 9.47 Å². The summed E-state index contributed by atoms with van der Waals surface area (Å²) >= 11 is 0. The molecule has 0 aromatic heterocycles. The highest BCUT2D eigenvalue weighted by atomic mass is 31.1. The van der Waals surface area contributed by atoms with Crippen molar-refractivity contribution in [2.45, 2.75) is 63.9 Å². The molecule has 1 atom stereocenters. The average molecular weight is 422 g/mol. The van der Waals surface area contributed by atoms with Crippen molar-refractivity contribution in [3.63, 3.8) is 0 Å². The van der Waals surface area contributed by atoms with Crippen molar-refractivity contribution < 1.29 is 28.4 Å². The van der Waals surface area contributed by atoms with Gasteiger partial charge in [-0.25, -0.2) is 0 Å². The quantitative estimate of drug-likeness (QED) is 0.222. The summed E-state index contributed by atoms with van der Waals surface area (Å²) in [4.78, 5) is 27.1. The number of Topliss-reactive ketones (excluding diaryl/α,β-unsaturated/α-hetero) is 1. The van der Waals surface area contributed by atoms with Gasteiger partial charge in [0.25, 0.3) is 0 Å². The van der Waals surface area contributed by atoms with E-state index in [2.05, 4.69) is 0 Å². The number of carbonyl (C=O) groups excluding carboxylic acids is 2. The molecule has 29 heavy (non-hydrogen) atoms. The molecule has 1 saturated carbocycles. The van der Waals surface area contributed by atoms with Crippen LogP contribution in [0.15, 0.2) is 18.2 Å². The second-order valence-electron chi connectivity index (χ2n) is 7.66. The van der Waals surface area contributed by atoms with Gasteiger partial charge >= 0.3 is 5.97 Å². The van der Waals surface area contributed by atoms with E-state index in [0.717, 1.165) is 32.1 Å². The molecule has 160 valence electrons. The lowest BCUT2D eigenvalue weighted by Gasteiger charge is -2.44. The number of methoxy groups -OCH3 is 2. The van der Waals surface area contributed by atoms with Gasteiger partial charge in [-0.1, -0.05) is 38.7 Å². The summed E-state index contributed by atoms with van der Waals surface area (Å²) < 4.78 is 28.8. The number of hydrogen-bond acceptors (Lipinski definition) is 6. The first-order valence-corrected chi connectivity index (χ1v) is 11.0. The van der Waals surface area contributed by atoms with Crippen LogP contribution in [0.25, 0.3) is 0 Å². The Morgan fingerprint density at radius 2 is 1.69 bits per heavy atom. The Kier molecular flexibility index (Phi) is 8.21. The van der Waals surface area contributed by atoms with Crippen molar-refractivity contribution in [2.24, 2.45) is 5.41 Å². The topological polar surface area (TPSA) is 78.9 Å². The Morgan fingerprint density at radius 3 is 2.17 bits per heavy atom. The lowest BCUT2D eigenvalue weighted by Crippen LogP contribution is -2.54. The fourth-order valence-electron chi connectivity index (χ4n) is 4.17. The highest BCUT2D eigenvalue weighted by Crippen LogP contribution is 2.55. The molecular weight excluding hydrogens is 391 g/mol. The molecule has 0 saturated heterocycles. The maximum Gasteiger partial charge on any atom is 0.324 e. The summed E-state index contributed by atoms with van der Waals surface area (Å²) in [5.41, 5.74) is -0.865. The smallest absolute Gasteiger partial charge is 0.324 e. The summed E-state index contributed by atoms with van der Waals surface area (Å²) in [6, 6.07) is 5.13. The van der Waals surface area contributed by atoms with Gasteiger partial charge < -0.3 is 14.2 Å². The van der Waals surface area contributed by atoms with E-state index in [1.54, 1.807) is 25.1 Å². The predicted octanol–water partition coefficient (Wildman–Crippen LogP) is 5.23. The minimum Gasteiger partial charge on any atom is -0.496 e. The summed E-state index contributed by atoms with van der Waals surface area (Å²) in [7, 11) is 2.56. The summed E-state index contributed by atoms with van der Waals surface area (Å²) in [6.45, 7) is 3.84. The minimum atomic E-state index is -1.48. The average Bonchev–Trinajstić information content (AvgIpc) is 2.77. The first-order valence-electron chi connectivity index (χ1n) is 10.2. The standard InChI is InChI=1S/C22H31O6P/c1-5-6-15-28-20(24)21(2,29-25)22(13-8-7-9-14-22)19(23)18-16(26-3)11-10-12-17(18)27-4/h10-12H,5-9,13-15H2,1-4H3. The van der Waals surface area contributed by atoms with Crippen LogP contribution in [-0.4, -0.2) is 37.7 Å². The zero-order chi connectivity index (χ0) is 21.5. The molecule has 1 aromatic carbocycles. The molecule has 0 radical (unpaired) electrons. The highest BCUT2D eigenvalue weighted by Gasteiger charge is 2.60. The molecule has 0 N–H and O–H groups in total. The number of ether oxygens (including phenoxy) is 3. The lowest BCUT2D eigenvalue weighted by molar-refractivity contribution is -0.150. The van der Waals surface area contributed by atoms with E-state index >= 15 is 0 Å². The van der Waals surface area contributed by atoms with Gasteiger partial charge in [-0.3, -0.25) is 14.2 Å². The molecule has 1 unspecified atom stereocenters. The Labute approximate surface area is 174 Å². The third-order valence-corrected chi connectivity index (χ3v) is 7.02. The van der Waals surface area contributed by atoms with Crippen molar-refractivity contribution in [2.75, 3.05) is 20.8 Å². The van der Waals surface area contributed by atoms with Gasteiger partial charge in [-0.05, 0) is 38.3 Å². The highest BCUT2D eigenvalue weighted by molar-refractivity contribution is 7.28. The van der Waals surface area contributed by atoms with E-state index in [4.69, 9.17) is 14.2 Å². The second kappa shape index (κ2) is 10.2. The van der Waals surface area contributed by atoms with Crippen molar-refractivity contribution in [3.8, 4) is 11.5 Å². The van der Waals surface area contributed by atoms with Crippen LogP contribution in [0, 0.1) is 5.41 Å². The molecule has 0 heterocycles. The van der Waals surface area contributed by atoms with E-state index < -0.39 is 25.0 Å². The Morgan fingerprint density at radius 1 is 1.10 bits per heavy atom. The van der Waals surface area contributed by atoms with Crippen LogP contribution in [0.1, 0.15) is 69.2 Å². The molecular formula is C22H31O6P. The molecule has 1 aliphatic rings. The number of esters is 1. The second-order valence-corrected chi connectivity index (χ2v) is 8.74. The van der Waals surface area contributed by atoms with Crippen LogP contribution >= 0.6 is 8.46 Å². The SMILES string of the molecule is CCCCOC(=O)C(C)(P=O)C1(C(=O)c2c(OC)cccc2OC)CCCCC1. The molecule has 0 spiro atoms. The fourth-order valence-corrected chi connectivity index (χ4v) is 4.81. The largest absolute Gasteiger partial charge is 0.496 e. The van der Waals surface area contributed by atoms with Gasteiger partial charge in [0.1, 0.15) is 17.1 Å². The third-order valence-electron chi connectivity index (χ3n) is 6.04. The minimum absolute atomic E-state index is 0.253. The van der Waals surface area contributed by atoms with Crippen LogP contribution in [0.4, 0.5) is 0 Å². The van der Waals surface area contributed by atoms with Gasteiger partial charge in [-0.15, -0.1) is 0 Å². The molecule has 0 bridgehead atoms. The number of hydrogen-bond donors (Lipinski definition) is 0. The zero-order valence-electron chi connectivity index (χ0n) is 17.8. The molecule has 1 aromatic rings. The molecule has 0 aliphatic heterocycles. The van der Waals surface area contributed by atoms with Gasteiger partial charge in [0, 0.05) is 0 Å². The summed E-state index contributed by atoms with van der Waals surface area (Å²) in [5, 5.41) is -1.48. The van der Waals surface area contributed by atoms with E-state index in [0.29, 0.717) is 24.3 Å². The first kappa shape index (κ1) is 23.3. The molecule has 1 aliphatic carbocycles. The number of carbonyl (C=O) groups is 2. The van der Waals surface area contributed by atoms with Gasteiger partial charge in [-0.2, -0.15) is 0 Å². The molecule has 2 rings (SSSR count). The van der Waals surface area contributed by atoms with Gasteiger partial charge in [0.15, 0.2) is 19.4 Å². The maximum atomic E-state index is 14.0. The lowest BCUT2D eigenvalue weighted by atomic mass is 9.61. The number of benzene rings is 1. The van der Waals surface area contributed by atoms with Crippen LogP contribution in [0.3, 0.4) is 0 Å². The maximum absolute atomic E-state index is 14.0. The summed E-state index contributed by atoms with van der Waals surface area (Å²) in [6.07, 6.45) is 5.03. The van der Waals surface area contributed by atoms with Crippen LogP contribution in [0.2, 0.25) is 0 Å².